The van der Waals surface area contributed by atoms with Crippen LogP contribution in [0.25, 0.3) is 16.9 Å². The Kier molecular flexibility index (Phi) is 4.82. The summed E-state index contributed by atoms with van der Waals surface area (Å²) in [6, 6.07) is 21.6. The quantitative estimate of drug-likeness (QED) is 0.521. The van der Waals surface area contributed by atoms with Crippen LogP contribution in [0.3, 0.4) is 0 Å². The third-order valence-corrected chi connectivity index (χ3v) is 5.83. The standard InChI is InChI=1S/C24H25N5/c1-18-14-23(29-24(27-18)25-17-26-29)21-11-7-13-28(16-21)15-20-10-5-6-12-22(20)19-8-3-2-4-9-19/h2-6,8-10,12,14,17,21H,7,11,13,15-16H2,1H3. The summed E-state index contributed by atoms with van der Waals surface area (Å²) in [7, 11) is 0. The van der Waals surface area contributed by atoms with Gasteiger partial charge in [0.2, 0.25) is 0 Å². The number of aromatic nitrogens is 4. The van der Waals surface area contributed by atoms with Crippen molar-refractivity contribution in [3.05, 3.63) is 83.9 Å². The minimum Gasteiger partial charge on any atom is -0.298 e. The van der Waals surface area contributed by atoms with Crippen molar-refractivity contribution in [3.8, 4) is 11.1 Å². The van der Waals surface area contributed by atoms with Gasteiger partial charge in [-0.1, -0.05) is 54.6 Å². The summed E-state index contributed by atoms with van der Waals surface area (Å²) in [6.07, 6.45) is 3.97. The highest BCUT2D eigenvalue weighted by molar-refractivity contribution is 5.67. The molecule has 146 valence electrons. The molecule has 0 bridgehead atoms. The molecule has 0 saturated carbocycles. The molecule has 0 radical (unpaired) electrons. The number of hydrogen-bond acceptors (Lipinski definition) is 4. The highest BCUT2D eigenvalue weighted by Crippen LogP contribution is 2.30. The van der Waals surface area contributed by atoms with E-state index < -0.39 is 0 Å². The Balaban J connectivity index is 1.41. The van der Waals surface area contributed by atoms with E-state index in [4.69, 9.17) is 0 Å². The first-order chi connectivity index (χ1) is 14.3. The van der Waals surface area contributed by atoms with Crippen molar-refractivity contribution in [1.29, 1.82) is 0 Å². The zero-order valence-corrected chi connectivity index (χ0v) is 16.7. The van der Waals surface area contributed by atoms with Gasteiger partial charge in [0, 0.05) is 24.7 Å². The minimum atomic E-state index is 0.443. The Bertz CT molecular complexity index is 1120. The lowest BCUT2D eigenvalue weighted by molar-refractivity contribution is 0.197. The molecule has 0 amide bonds. The molecule has 0 aliphatic carbocycles. The van der Waals surface area contributed by atoms with Gasteiger partial charge < -0.3 is 0 Å². The number of piperidine rings is 1. The van der Waals surface area contributed by atoms with Gasteiger partial charge in [-0.05, 0) is 49.1 Å². The molecule has 3 heterocycles. The zero-order chi connectivity index (χ0) is 19.6. The van der Waals surface area contributed by atoms with E-state index in [0.717, 1.165) is 25.3 Å². The molecule has 1 aliphatic rings. The van der Waals surface area contributed by atoms with Crippen LogP contribution in [0, 0.1) is 6.92 Å². The molecule has 5 nitrogen and oxygen atoms in total. The molecule has 29 heavy (non-hydrogen) atoms. The average Bonchev–Trinajstić information content (AvgIpc) is 3.23. The van der Waals surface area contributed by atoms with Crippen LogP contribution < -0.4 is 0 Å². The lowest BCUT2D eigenvalue weighted by Crippen LogP contribution is -2.34. The Morgan fingerprint density at radius 1 is 1.03 bits per heavy atom. The Labute approximate surface area is 171 Å². The van der Waals surface area contributed by atoms with Gasteiger partial charge >= 0.3 is 0 Å². The summed E-state index contributed by atoms with van der Waals surface area (Å²) in [5.74, 6) is 1.14. The number of nitrogens with zero attached hydrogens (tertiary/aromatic N) is 5. The average molecular weight is 383 g/mol. The third kappa shape index (κ3) is 3.66. The normalized spacial score (nSPS) is 17.6. The summed E-state index contributed by atoms with van der Waals surface area (Å²) in [5.41, 5.74) is 6.23. The zero-order valence-electron chi connectivity index (χ0n) is 16.7. The van der Waals surface area contributed by atoms with E-state index in [1.54, 1.807) is 6.33 Å². The molecule has 1 unspecified atom stereocenters. The summed E-state index contributed by atoms with van der Waals surface area (Å²) in [6.45, 7) is 5.16. The third-order valence-electron chi connectivity index (χ3n) is 5.83. The number of benzene rings is 2. The van der Waals surface area contributed by atoms with Gasteiger partial charge in [-0.2, -0.15) is 10.1 Å². The maximum Gasteiger partial charge on any atom is 0.252 e. The molecule has 2 aromatic heterocycles. The van der Waals surface area contributed by atoms with Gasteiger partial charge in [-0.3, -0.25) is 4.90 Å². The molecular formula is C24H25N5. The summed E-state index contributed by atoms with van der Waals surface area (Å²) >= 11 is 0. The Morgan fingerprint density at radius 2 is 1.86 bits per heavy atom. The first-order valence-electron chi connectivity index (χ1n) is 10.3. The van der Waals surface area contributed by atoms with Crippen LogP contribution in [0.4, 0.5) is 0 Å². The summed E-state index contributed by atoms with van der Waals surface area (Å²) in [5, 5.41) is 4.42. The molecule has 5 heteroatoms. The van der Waals surface area contributed by atoms with Crippen LogP contribution in [0.1, 0.15) is 35.7 Å². The van der Waals surface area contributed by atoms with Crippen molar-refractivity contribution < 1.29 is 0 Å². The van der Waals surface area contributed by atoms with Crippen molar-refractivity contribution in [3.63, 3.8) is 0 Å². The van der Waals surface area contributed by atoms with E-state index >= 15 is 0 Å². The summed E-state index contributed by atoms with van der Waals surface area (Å²) < 4.78 is 1.92. The number of hydrogen-bond donors (Lipinski definition) is 0. The predicted octanol–water partition coefficient (Wildman–Crippen LogP) is 4.48. The van der Waals surface area contributed by atoms with Gasteiger partial charge in [0.25, 0.3) is 5.78 Å². The smallest absolute Gasteiger partial charge is 0.252 e. The molecule has 1 aliphatic heterocycles. The Morgan fingerprint density at radius 3 is 2.76 bits per heavy atom. The van der Waals surface area contributed by atoms with Gasteiger partial charge in [0.05, 0.1) is 5.69 Å². The molecule has 1 saturated heterocycles. The van der Waals surface area contributed by atoms with Crippen molar-refractivity contribution >= 4 is 5.78 Å². The second-order valence-corrected chi connectivity index (χ2v) is 7.89. The van der Waals surface area contributed by atoms with E-state index in [9.17, 15) is 0 Å². The maximum absolute atomic E-state index is 4.50. The van der Waals surface area contributed by atoms with Crippen molar-refractivity contribution in [2.24, 2.45) is 0 Å². The SMILES string of the molecule is Cc1cc(C2CCCN(Cc3ccccc3-c3ccccc3)C2)n2ncnc2n1. The minimum absolute atomic E-state index is 0.443. The fourth-order valence-electron chi connectivity index (χ4n) is 4.49. The van der Waals surface area contributed by atoms with Gasteiger partial charge in [-0.15, -0.1) is 0 Å². The second-order valence-electron chi connectivity index (χ2n) is 7.89. The second kappa shape index (κ2) is 7.76. The summed E-state index contributed by atoms with van der Waals surface area (Å²) in [4.78, 5) is 11.4. The Hall–Kier alpha value is -3.05. The number of likely N-dealkylation sites (tertiary alicyclic amines) is 1. The van der Waals surface area contributed by atoms with Gasteiger partial charge in [0.15, 0.2) is 0 Å². The van der Waals surface area contributed by atoms with E-state index in [1.165, 1.54) is 35.2 Å². The van der Waals surface area contributed by atoms with Gasteiger partial charge in [-0.25, -0.2) is 9.50 Å². The van der Waals surface area contributed by atoms with E-state index in [1.807, 2.05) is 11.4 Å². The molecule has 2 aromatic carbocycles. The fourth-order valence-corrected chi connectivity index (χ4v) is 4.49. The van der Waals surface area contributed by atoms with Crippen LogP contribution >= 0.6 is 0 Å². The molecule has 5 rings (SSSR count). The first-order valence-corrected chi connectivity index (χ1v) is 10.3. The van der Waals surface area contributed by atoms with Gasteiger partial charge in [0.1, 0.15) is 6.33 Å². The van der Waals surface area contributed by atoms with Crippen LogP contribution in [0.15, 0.2) is 67.0 Å². The van der Waals surface area contributed by atoms with Crippen LogP contribution in [-0.2, 0) is 6.54 Å². The lowest BCUT2D eigenvalue weighted by Gasteiger charge is -2.33. The first kappa shape index (κ1) is 18.0. The van der Waals surface area contributed by atoms with Crippen molar-refractivity contribution in [2.75, 3.05) is 13.1 Å². The largest absolute Gasteiger partial charge is 0.298 e. The number of rotatable bonds is 4. The van der Waals surface area contributed by atoms with E-state index in [2.05, 4.69) is 80.6 Å². The number of fused-ring (bicyclic) bond motifs is 1. The molecule has 0 spiro atoms. The highest BCUT2D eigenvalue weighted by atomic mass is 15.3. The lowest BCUT2D eigenvalue weighted by atomic mass is 9.93. The highest BCUT2D eigenvalue weighted by Gasteiger charge is 2.25. The number of aryl methyl sites for hydroxylation is 1. The topological polar surface area (TPSA) is 46.3 Å². The van der Waals surface area contributed by atoms with Crippen LogP contribution in [0.2, 0.25) is 0 Å². The molecule has 4 aromatic rings. The van der Waals surface area contributed by atoms with E-state index in [0.29, 0.717) is 11.7 Å². The monoisotopic (exact) mass is 383 g/mol. The fraction of sp³-hybridized carbons (Fsp3) is 0.292. The molecule has 1 atom stereocenters. The molecule has 0 N–H and O–H groups in total. The van der Waals surface area contributed by atoms with Crippen molar-refractivity contribution in [1.82, 2.24) is 24.5 Å². The predicted molar refractivity (Wildman–Crippen MR) is 115 cm³/mol. The molecule has 1 fully saturated rings. The van der Waals surface area contributed by atoms with Crippen LogP contribution in [0.5, 0.6) is 0 Å². The van der Waals surface area contributed by atoms with Crippen LogP contribution in [-0.4, -0.2) is 37.6 Å². The van der Waals surface area contributed by atoms with E-state index in [-0.39, 0.29) is 0 Å². The molecular weight excluding hydrogens is 358 g/mol. The van der Waals surface area contributed by atoms with Crippen molar-refractivity contribution in [2.45, 2.75) is 32.2 Å². The maximum atomic E-state index is 4.50.